The molecule has 0 unspecified atom stereocenters. The van der Waals surface area contributed by atoms with Gasteiger partial charge in [0.1, 0.15) is 6.61 Å². The van der Waals surface area contributed by atoms with Gasteiger partial charge in [-0.3, -0.25) is 4.98 Å². The Hall–Kier alpha value is -1.20. The molecule has 0 fully saturated rings. The SMILES string of the molecule is CCNCc1cncc(OCCOCC)n1. The topological polar surface area (TPSA) is 56.3 Å². The minimum Gasteiger partial charge on any atom is -0.474 e. The van der Waals surface area contributed by atoms with Gasteiger partial charge in [0.25, 0.3) is 0 Å². The first-order valence-corrected chi connectivity index (χ1v) is 5.59. The summed E-state index contributed by atoms with van der Waals surface area (Å²) in [6.45, 7) is 7.42. The van der Waals surface area contributed by atoms with Crippen LogP contribution in [0.5, 0.6) is 5.88 Å². The van der Waals surface area contributed by atoms with Crippen LogP contribution in [0.3, 0.4) is 0 Å². The Balaban J connectivity index is 2.35. The molecule has 0 aliphatic carbocycles. The molecule has 0 bridgehead atoms. The van der Waals surface area contributed by atoms with Crippen LogP contribution in [0.4, 0.5) is 0 Å². The van der Waals surface area contributed by atoms with E-state index in [9.17, 15) is 0 Å². The Bertz CT molecular complexity index is 294. The maximum atomic E-state index is 5.40. The second kappa shape index (κ2) is 8.01. The number of nitrogens with zero attached hydrogens (tertiary/aromatic N) is 2. The van der Waals surface area contributed by atoms with Crippen molar-refractivity contribution in [3.63, 3.8) is 0 Å². The zero-order chi connectivity index (χ0) is 11.6. The smallest absolute Gasteiger partial charge is 0.232 e. The highest BCUT2D eigenvalue weighted by molar-refractivity contribution is 5.08. The Morgan fingerprint density at radius 2 is 2.12 bits per heavy atom. The Kier molecular flexibility index (Phi) is 6.44. The molecule has 0 saturated carbocycles. The molecule has 0 aromatic carbocycles. The average Bonchev–Trinajstić information content (AvgIpc) is 2.33. The van der Waals surface area contributed by atoms with Gasteiger partial charge in [-0.1, -0.05) is 6.92 Å². The Morgan fingerprint density at radius 3 is 2.88 bits per heavy atom. The first kappa shape index (κ1) is 12.9. The largest absolute Gasteiger partial charge is 0.474 e. The number of ether oxygens (including phenoxy) is 2. The van der Waals surface area contributed by atoms with E-state index in [-0.39, 0.29) is 0 Å². The van der Waals surface area contributed by atoms with Gasteiger partial charge in [0.2, 0.25) is 5.88 Å². The number of rotatable bonds is 8. The van der Waals surface area contributed by atoms with Crippen molar-refractivity contribution in [2.75, 3.05) is 26.4 Å². The van der Waals surface area contributed by atoms with Crippen LogP contribution < -0.4 is 10.1 Å². The summed E-state index contributed by atoms with van der Waals surface area (Å²) < 4.78 is 10.6. The molecule has 1 aromatic heterocycles. The van der Waals surface area contributed by atoms with Gasteiger partial charge in [0, 0.05) is 19.3 Å². The average molecular weight is 225 g/mol. The molecule has 0 atom stereocenters. The quantitative estimate of drug-likeness (QED) is 0.669. The van der Waals surface area contributed by atoms with Crippen molar-refractivity contribution in [2.45, 2.75) is 20.4 Å². The number of hydrogen-bond donors (Lipinski definition) is 1. The van der Waals surface area contributed by atoms with E-state index in [0.29, 0.717) is 32.2 Å². The molecule has 0 aliphatic heterocycles. The predicted molar refractivity (Wildman–Crippen MR) is 61.4 cm³/mol. The summed E-state index contributed by atoms with van der Waals surface area (Å²) in [5.41, 5.74) is 0.885. The fraction of sp³-hybridized carbons (Fsp3) is 0.636. The van der Waals surface area contributed by atoms with E-state index in [1.165, 1.54) is 0 Å². The molecule has 16 heavy (non-hydrogen) atoms. The van der Waals surface area contributed by atoms with E-state index in [2.05, 4.69) is 22.2 Å². The number of nitrogens with one attached hydrogen (secondary N) is 1. The van der Waals surface area contributed by atoms with Crippen molar-refractivity contribution in [3.05, 3.63) is 18.1 Å². The molecule has 5 nitrogen and oxygen atoms in total. The molecular formula is C11H19N3O2. The van der Waals surface area contributed by atoms with Gasteiger partial charge in [0.15, 0.2) is 0 Å². The van der Waals surface area contributed by atoms with Crippen molar-refractivity contribution < 1.29 is 9.47 Å². The monoisotopic (exact) mass is 225 g/mol. The van der Waals surface area contributed by atoms with Crippen molar-refractivity contribution >= 4 is 0 Å². The van der Waals surface area contributed by atoms with Gasteiger partial charge in [-0.15, -0.1) is 0 Å². The van der Waals surface area contributed by atoms with Crippen LogP contribution in [0.15, 0.2) is 12.4 Å². The fourth-order valence-corrected chi connectivity index (χ4v) is 1.14. The fourth-order valence-electron chi connectivity index (χ4n) is 1.14. The molecule has 0 radical (unpaired) electrons. The van der Waals surface area contributed by atoms with Gasteiger partial charge < -0.3 is 14.8 Å². The summed E-state index contributed by atoms with van der Waals surface area (Å²) >= 11 is 0. The Morgan fingerprint density at radius 1 is 1.25 bits per heavy atom. The highest BCUT2D eigenvalue weighted by Gasteiger charge is 1.99. The van der Waals surface area contributed by atoms with Crippen LogP contribution in [-0.2, 0) is 11.3 Å². The van der Waals surface area contributed by atoms with Gasteiger partial charge in [-0.2, -0.15) is 0 Å². The van der Waals surface area contributed by atoms with Gasteiger partial charge >= 0.3 is 0 Å². The third-order valence-corrected chi connectivity index (χ3v) is 1.90. The van der Waals surface area contributed by atoms with Crippen LogP contribution in [0.25, 0.3) is 0 Å². The number of hydrogen-bond acceptors (Lipinski definition) is 5. The lowest BCUT2D eigenvalue weighted by Crippen LogP contribution is -2.14. The Labute approximate surface area is 96.2 Å². The van der Waals surface area contributed by atoms with E-state index in [0.717, 1.165) is 12.2 Å². The highest BCUT2D eigenvalue weighted by Crippen LogP contribution is 2.04. The predicted octanol–water partition coefficient (Wildman–Crippen LogP) is 1.00. The lowest BCUT2D eigenvalue weighted by Gasteiger charge is -2.06. The molecule has 1 N–H and O–H groups in total. The summed E-state index contributed by atoms with van der Waals surface area (Å²) in [5, 5.41) is 3.19. The molecule has 0 aliphatic rings. The third-order valence-electron chi connectivity index (χ3n) is 1.90. The summed E-state index contributed by atoms with van der Waals surface area (Å²) in [7, 11) is 0. The van der Waals surface area contributed by atoms with Crippen molar-refractivity contribution in [1.82, 2.24) is 15.3 Å². The maximum Gasteiger partial charge on any atom is 0.232 e. The van der Waals surface area contributed by atoms with E-state index >= 15 is 0 Å². The summed E-state index contributed by atoms with van der Waals surface area (Å²) in [6, 6.07) is 0. The lowest BCUT2D eigenvalue weighted by molar-refractivity contribution is 0.108. The molecule has 0 spiro atoms. The lowest BCUT2D eigenvalue weighted by atomic mass is 10.4. The summed E-state index contributed by atoms with van der Waals surface area (Å²) in [5.74, 6) is 0.551. The molecule has 0 saturated heterocycles. The second-order valence-corrected chi connectivity index (χ2v) is 3.17. The van der Waals surface area contributed by atoms with E-state index < -0.39 is 0 Å². The molecule has 0 amide bonds. The normalized spacial score (nSPS) is 10.4. The third kappa shape index (κ3) is 5.04. The molecule has 1 heterocycles. The van der Waals surface area contributed by atoms with Gasteiger partial charge in [0.05, 0.1) is 18.5 Å². The summed E-state index contributed by atoms with van der Waals surface area (Å²) in [6.07, 6.45) is 3.35. The zero-order valence-electron chi connectivity index (χ0n) is 9.90. The van der Waals surface area contributed by atoms with Crippen LogP contribution in [0.1, 0.15) is 19.5 Å². The highest BCUT2D eigenvalue weighted by atomic mass is 16.5. The van der Waals surface area contributed by atoms with E-state index in [1.807, 2.05) is 6.92 Å². The van der Waals surface area contributed by atoms with Crippen molar-refractivity contribution in [2.24, 2.45) is 0 Å². The number of aromatic nitrogens is 2. The van der Waals surface area contributed by atoms with Crippen LogP contribution in [0, 0.1) is 0 Å². The summed E-state index contributed by atoms with van der Waals surface area (Å²) in [4.78, 5) is 8.37. The van der Waals surface area contributed by atoms with Crippen molar-refractivity contribution in [3.8, 4) is 5.88 Å². The van der Waals surface area contributed by atoms with Crippen LogP contribution >= 0.6 is 0 Å². The zero-order valence-corrected chi connectivity index (χ0v) is 9.90. The second-order valence-electron chi connectivity index (χ2n) is 3.17. The van der Waals surface area contributed by atoms with Gasteiger partial charge in [-0.25, -0.2) is 4.98 Å². The van der Waals surface area contributed by atoms with Crippen LogP contribution in [0.2, 0.25) is 0 Å². The molecule has 90 valence electrons. The van der Waals surface area contributed by atoms with E-state index in [1.54, 1.807) is 12.4 Å². The first-order valence-electron chi connectivity index (χ1n) is 5.59. The molecule has 5 heteroatoms. The minimum atomic E-state index is 0.507. The molecule has 1 aromatic rings. The van der Waals surface area contributed by atoms with Crippen LogP contribution in [-0.4, -0.2) is 36.3 Å². The van der Waals surface area contributed by atoms with Gasteiger partial charge in [-0.05, 0) is 13.5 Å². The minimum absolute atomic E-state index is 0.507. The van der Waals surface area contributed by atoms with E-state index in [4.69, 9.17) is 9.47 Å². The molecule has 1 rings (SSSR count). The van der Waals surface area contributed by atoms with Crippen molar-refractivity contribution in [1.29, 1.82) is 0 Å². The molecular weight excluding hydrogens is 206 g/mol. The maximum absolute atomic E-state index is 5.40. The first-order chi connectivity index (χ1) is 7.86. The standard InChI is InChI=1S/C11H19N3O2/c1-3-12-7-10-8-13-9-11(14-10)16-6-5-15-4-2/h8-9,12H,3-7H2,1-2H3.